The van der Waals surface area contributed by atoms with Gasteiger partial charge in [-0.3, -0.25) is 9.59 Å². The van der Waals surface area contributed by atoms with Crippen LogP contribution in [0.1, 0.15) is 45.4 Å². The molecule has 2 amide bonds. The number of amides is 2. The molecular formula is C14H26ClN3O2. The second kappa shape index (κ2) is 6.76. The Morgan fingerprint density at radius 1 is 1.30 bits per heavy atom. The quantitative estimate of drug-likeness (QED) is 0.815. The Kier molecular flexibility index (Phi) is 5.83. The average Bonchev–Trinajstić information content (AvgIpc) is 3.11. The van der Waals surface area contributed by atoms with Gasteiger partial charge in [-0.1, -0.05) is 12.8 Å². The first-order valence-corrected chi connectivity index (χ1v) is 7.23. The highest BCUT2D eigenvalue weighted by Crippen LogP contribution is 2.32. The van der Waals surface area contributed by atoms with E-state index in [9.17, 15) is 9.59 Å². The fourth-order valence-electron chi connectivity index (χ4n) is 2.82. The van der Waals surface area contributed by atoms with Crippen LogP contribution in [0.15, 0.2) is 0 Å². The van der Waals surface area contributed by atoms with Gasteiger partial charge in [-0.2, -0.15) is 0 Å². The highest BCUT2D eigenvalue weighted by atomic mass is 35.5. The molecule has 2 rings (SSSR count). The lowest BCUT2D eigenvalue weighted by Crippen LogP contribution is -2.54. The van der Waals surface area contributed by atoms with Crippen molar-refractivity contribution in [1.29, 1.82) is 0 Å². The summed E-state index contributed by atoms with van der Waals surface area (Å²) in [6.45, 7) is 2.09. The first kappa shape index (κ1) is 17.2. The molecule has 0 aromatic carbocycles. The van der Waals surface area contributed by atoms with Crippen LogP contribution in [-0.2, 0) is 9.59 Å². The van der Waals surface area contributed by atoms with Crippen LogP contribution in [0, 0.1) is 5.92 Å². The van der Waals surface area contributed by atoms with Crippen LogP contribution in [0.4, 0.5) is 0 Å². The van der Waals surface area contributed by atoms with E-state index >= 15 is 0 Å². The fraction of sp³-hybridized carbons (Fsp3) is 0.857. The van der Waals surface area contributed by atoms with Gasteiger partial charge in [0.05, 0.1) is 12.5 Å². The smallest absolute Gasteiger partial charge is 0.239 e. The van der Waals surface area contributed by atoms with Crippen LogP contribution >= 0.6 is 12.4 Å². The van der Waals surface area contributed by atoms with Crippen molar-refractivity contribution in [3.05, 3.63) is 0 Å². The molecule has 0 heterocycles. The minimum absolute atomic E-state index is 0. The van der Waals surface area contributed by atoms with Crippen LogP contribution in [0.3, 0.4) is 0 Å². The summed E-state index contributed by atoms with van der Waals surface area (Å²) in [5.41, 5.74) is 5.80. The van der Waals surface area contributed by atoms with Crippen molar-refractivity contribution in [2.75, 3.05) is 13.6 Å². The Morgan fingerprint density at radius 2 is 1.95 bits per heavy atom. The number of nitrogens with one attached hydrogen (secondary N) is 1. The van der Waals surface area contributed by atoms with Crippen molar-refractivity contribution < 1.29 is 9.59 Å². The van der Waals surface area contributed by atoms with Crippen molar-refractivity contribution >= 4 is 24.2 Å². The zero-order valence-electron chi connectivity index (χ0n) is 12.4. The maximum Gasteiger partial charge on any atom is 0.239 e. The summed E-state index contributed by atoms with van der Waals surface area (Å²) in [5, 5.41) is 2.90. The third-order valence-electron chi connectivity index (χ3n) is 4.25. The number of rotatable bonds is 4. The standard InChI is InChI=1S/C14H25N3O2.ClH/c1-14(15)8-4-3-5-11(14)13(19)17(2)9-12(18)16-10-6-7-10;/h10-11H,3-9,15H2,1-2H3,(H,16,18);1H. The van der Waals surface area contributed by atoms with Crippen LogP contribution < -0.4 is 11.1 Å². The Balaban J connectivity index is 0.00000200. The highest BCUT2D eigenvalue weighted by Gasteiger charge is 2.39. The molecule has 2 fully saturated rings. The van der Waals surface area contributed by atoms with E-state index in [0.717, 1.165) is 38.5 Å². The summed E-state index contributed by atoms with van der Waals surface area (Å²) in [6, 6.07) is 0.338. The summed E-state index contributed by atoms with van der Waals surface area (Å²) in [7, 11) is 1.69. The Bertz CT molecular complexity index is 369. The van der Waals surface area contributed by atoms with Crippen LogP contribution in [0.5, 0.6) is 0 Å². The van der Waals surface area contributed by atoms with Gasteiger partial charge in [-0.25, -0.2) is 0 Å². The number of carbonyl (C=O) groups is 2. The van der Waals surface area contributed by atoms with Gasteiger partial charge in [0.25, 0.3) is 0 Å². The van der Waals surface area contributed by atoms with Gasteiger partial charge in [0.2, 0.25) is 11.8 Å². The molecule has 2 aliphatic rings. The second-order valence-electron chi connectivity index (χ2n) is 6.34. The largest absolute Gasteiger partial charge is 0.352 e. The van der Waals surface area contributed by atoms with Gasteiger partial charge in [-0.15, -0.1) is 12.4 Å². The second-order valence-corrected chi connectivity index (χ2v) is 6.34. The Hall–Kier alpha value is -0.810. The molecular weight excluding hydrogens is 278 g/mol. The highest BCUT2D eigenvalue weighted by molar-refractivity contribution is 5.86. The van der Waals surface area contributed by atoms with E-state index in [0.29, 0.717) is 6.04 Å². The summed E-state index contributed by atoms with van der Waals surface area (Å²) < 4.78 is 0. The van der Waals surface area contributed by atoms with Gasteiger partial charge < -0.3 is 16.0 Å². The number of carbonyl (C=O) groups excluding carboxylic acids is 2. The van der Waals surface area contributed by atoms with Crippen LogP contribution in [-0.4, -0.2) is 41.9 Å². The molecule has 0 saturated heterocycles. The molecule has 3 N–H and O–H groups in total. The minimum atomic E-state index is -0.434. The first-order valence-electron chi connectivity index (χ1n) is 7.23. The van der Waals surface area contributed by atoms with E-state index in [2.05, 4.69) is 5.32 Å². The molecule has 0 spiro atoms. The van der Waals surface area contributed by atoms with E-state index in [1.54, 1.807) is 7.05 Å². The summed E-state index contributed by atoms with van der Waals surface area (Å²) >= 11 is 0. The molecule has 6 heteroatoms. The van der Waals surface area contributed by atoms with Gasteiger partial charge in [-0.05, 0) is 32.6 Å². The number of nitrogens with two attached hydrogens (primary N) is 1. The van der Waals surface area contributed by atoms with Gasteiger partial charge >= 0.3 is 0 Å². The number of halogens is 1. The number of likely N-dealkylation sites (N-methyl/N-ethyl adjacent to an activating group) is 1. The molecule has 0 bridgehead atoms. The van der Waals surface area contributed by atoms with Crippen molar-refractivity contribution in [3.8, 4) is 0 Å². The summed E-state index contributed by atoms with van der Waals surface area (Å²) in [4.78, 5) is 25.7. The van der Waals surface area contributed by atoms with E-state index in [1.165, 1.54) is 4.90 Å². The molecule has 2 saturated carbocycles. The normalized spacial score (nSPS) is 29.2. The third kappa shape index (κ3) is 4.35. The zero-order valence-corrected chi connectivity index (χ0v) is 13.2. The fourth-order valence-corrected chi connectivity index (χ4v) is 2.82. The molecule has 0 aromatic heterocycles. The predicted octanol–water partition coefficient (Wildman–Crippen LogP) is 1.05. The number of hydrogen-bond acceptors (Lipinski definition) is 3. The van der Waals surface area contributed by atoms with Crippen molar-refractivity contribution in [1.82, 2.24) is 10.2 Å². The monoisotopic (exact) mass is 303 g/mol. The van der Waals surface area contributed by atoms with E-state index in [-0.39, 0.29) is 36.7 Å². The first-order chi connectivity index (χ1) is 8.90. The minimum Gasteiger partial charge on any atom is -0.352 e. The van der Waals surface area contributed by atoms with Gasteiger partial charge in [0.1, 0.15) is 0 Å². The molecule has 0 aliphatic heterocycles. The lowest BCUT2D eigenvalue weighted by Gasteiger charge is -2.39. The van der Waals surface area contributed by atoms with E-state index in [4.69, 9.17) is 5.73 Å². The summed E-state index contributed by atoms with van der Waals surface area (Å²) in [5.74, 6) is -0.205. The molecule has 5 nitrogen and oxygen atoms in total. The molecule has 116 valence electrons. The topological polar surface area (TPSA) is 75.4 Å². The van der Waals surface area contributed by atoms with Crippen LogP contribution in [0.25, 0.3) is 0 Å². The SMILES string of the molecule is CN(CC(=O)NC1CC1)C(=O)C1CCCCC1(C)N.Cl. The molecule has 2 unspecified atom stereocenters. The molecule has 2 atom stereocenters. The van der Waals surface area contributed by atoms with Crippen molar-refractivity contribution in [2.24, 2.45) is 11.7 Å². The van der Waals surface area contributed by atoms with Crippen molar-refractivity contribution in [2.45, 2.75) is 57.0 Å². The maximum absolute atomic E-state index is 12.4. The molecule has 2 aliphatic carbocycles. The van der Waals surface area contributed by atoms with Gasteiger partial charge in [0.15, 0.2) is 0 Å². The van der Waals surface area contributed by atoms with E-state index < -0.39 is 5.54 Å². The lowest BCUT2D eigenvalue weighted by atomic mass is 9.74. The third-order valence-corrected chi connectivity index (χ3v) is 4.25. The molecule has 20 heavy (non-hydrogen) atoms. The lowest BCUT2D eigenvalue weighted by molar-refractivity contribution is -0.140. The van der Waals surface area contributed by atoms with Crippen molar-refractivity contribution in [3.63, 3.8) is 0 Å². The Labute approximate surface area is 127 Å². The van der Waals surface area contributed by atoms with E-state index in [1.807, 2.05) is 6.92 Å². The van der Waals surface area contributed by atoms with Gasteiger partial charge in [0, 0.05) is 18.6 Å². The maximum atomic E-state index is 12.4. The zero-order chi connectivity index (χ0) is 14.0. The molecule has 0 radical (unpaired) electrons. The number of hydrogen-bond donors (Lipinski definition) is 2. The predicted molar refractivity (Wildman–Crippen MR) is 80.6 cm³/mol. The van der Waals surface area contributed by atoms with Crippen LogP contribution in [0.2, 0.25) is 0 Å². The summed E-state index contributed by atoms with van der Waals surface area (Å²) in [6.07, 6.45) is 5.97. The molecule has 0 aromatic rings. The average molecular weight is 304 g/mol. The number of nitrogens with zero attached hydrogens (tertiary/aromatic N) is 1. The Morgan fingerprint density at radius 3 is 2.50 bits per heavy atom.